The van der Waals surface area contributed by atoms with E-state index in [4.69, 9.17) is 4.74 Å². The summed E-state index contributed by atoms with van der Waals surface area (Å²) < 4.78 is 5.53. The van der Waals surface area contributed by atoms with Gasteiger partial charge >= 0.3 is 0 Å². The molecule has 0 aliphatic heterocycles. The van der Waals surface area contributed by atoms with Crippen LogP contribution in [0.3, 0.4) is 0 Å². The molecule has 0 unspecified atom stereocenters. The van der Waals surface area contributed by atoms with Gasteiger partial charge in [-0.2, -0.15) is 0 Å². The molecule has 1 aromatic heterocycles. The molecule has 0 aliphatic carbocycles. The molecule has 0 saturated carbocycles. The summed E-state index contributed by atoms with van der Waals surface area (Å²) in [6.45, 7) is 2.48. The molecule has 5 heteroatoms. The fraction of sp³-hybridized carbons (Fsp3) is 0.158. The third-order valence-corrected chi connectivity index (χ3v) is 4.46. The average Bonchev–Trinajstić information content (AvgIpc) is 2.62. The van der Waals surface area contributed by atoms with Gasteiger partial charge in [-0.25, -0.2) is 0 Å². The summed E-state index contributed by atoms with van der Waals surface area (Å²) in [7, 11) is 0. The third-order valence-electron chi connectivity index (χ3n) is 3.42. The second-order valence-corrected chi connectivity index (χ2v) is 6.11. The van der Waals surface area contributed by atoms with E-state index in [1.54, 1.807) is 6.20 Å². The van der Waals surface area contributed by atoms with Crippen molar-refractivity contribution in [2.45, 2.75) is 11.8 Å². The van der Waals surface area contributed by atoms with Gasteiger partial charge in [0.1, 0.15) is 5.75 Å². The Morgan fingerprint density at radius 1 is 1.12 bits per heavy atom. The third kappa shape index (κ3) is 3.86. The van der Waals surface area contributed by atoms with Crippen LogP contribution < -0.4 is 10.1 Å². The summed E-state index contributed by atoms with van der Waals surface area (Å²) in [5.41, 5.74) is 1.62. The molecule has 3 rings (SSSR count). The molecular formula is C19H18N2O2S. The Morgan fingerprint density at radius 2 is 1.96 bits per heavy atom. The second kappa shape index (κ2) is 7.84. The highest BCUT2D eigenvalue weighted by Gasteiger charge is 2.09. The summed E-state index contributed by atoms with van der Waals surface area (Å²) in [5, 5.41) is 3.98. The number of ether oxygens (including phenoxy) is 1. The molecule has 1 amide bonds. The molecule has 0 saturated heterocycles. The van der Waals surface area contributed by atoms with Gasteiger partial charge in [-0.1, -0.05) is 30.3 Å². The average molecular weight is 338 g/mol. The first kappa shape index (κ1) is 16.3. The van der Waals surface area contributed by atoms with E-state index in [0.29, 0.717) is 23.8 Å². The van der Waals surface area contributed by atoms with Gasteiger partial charge in [0.25, 0.3) is 0 Å². The Labute approximate surface area is 145 Å². The second-order valence-electron chi connectivity index (χ2n) is 5.10. The van der Waals surface area contributed by atoms with Gasteiger partial charge in [-0.05, 0) is 31.2 Å². The standard InChI is InChI=1S/C19H18N2O2S/c1-2-23-16-10-4-3-9-15(16)21-18(22)13-24-17-11-5-7-14-8-6-12-20-19(14)17/h3-12H,2,13H2,1H3,(H,21,22). The number of thioether (sulfide) groups is 1. The number of hydrogen-bond acceptors (Lipinski definition) is 4. The first-order valence-electron chi connectivity index (χ1n) is 7.76. The zero-order valence-corrected chi connectivity index (χ0v) is 14.2. The summed E-state index contributed by atoms with van der Waals surface area (Å²) in [5.74, 6) is 0.932. The summed E-state index contributed by atoms with van der Waals surface area (Å²) in [4.78, 5) is 17.7. The molecular weight excluding hydrogens is 320 g/mol. The van der Waals surface area contributed by atoms with E-state index in [2.05, 4.69) is 10.3 Å². The van der Waals surface area contributed by atoms with E-state index < -0.39 is 0 Å². The van der Waals surface area contributed by atoms with Gasteiger partial charge in [0.05, 0.1) is 23.6 Å². The molecule has 1 heterocycles. The van der Waals surface area contributed by atoms with E-state index in [0.717, 1.165) is 15.8 Å². The van der Waals surface area contributed by atoms with Crippen LogP contribution >= 0.6 is 11.8 Å². The Hall–Kier alpha value is -2.53. The zero-order chi connectivity index (χ0) is 16.8. The minimum absolute atomic E-state index is 0.0694. The lowest BCUT2D eigenvalue weighted by atomic mass is 10.2. The fourth-order valence-electron chi connectivity index (χ4n) is 2.37. The maximum absolute atomic E-state index is 12.3. The molecule has 0 atom stereocenters. The van der Waals surface area contributed by atoms with Crippen LogP contribution in [0.2, 0.25) is 0 Å². The number of benzene rings is 2. The number of para-hydroxylation sites is 3. The molecule has 2 aromatic carbocycles. The van der Waals surface area contributed by atoms with E-state index >= 15 is 0 Å². The smallest absolute Gasteiger partial charge is 0.234 e. The lowest BCUT2D eigenvalue weighted by Gasteiger charge is -2.11. The van der Waals surface area contributed by atoms with E-state index in [-0.39, 0.29) is 5.91 Å². The van der Waals surface area contributed by atoms with Gasteiger partial charge in [-0.15, -0.1) is 11.8 Å². The molecule has 4 nitrogen and oxygen atoms in total. The van der Waals surface area contributed by atoms with Crippen LogP contribution in [0.5, 0.6) is 5.75 Å². The molecule has 0 bridgehead atoms. The minimum Gasteiger partial charge on any atom is -0.492 e. The van der Waals surface area contributed by atoms with Crippen molar-refractivity contribution in [1.82, 2.24) is 4.98 Å². The van der Waals surface area contributed by atoms with Gasteiger partial charge in [0.2, 0.25) is 5.91 Å². The van der Waals surface area contributed by atoms with E-state index in [9.17, 15) is 4.79 Å². The number of fused-ring (bicyclic) bond motifs is 1. The number of anilines is 1. The highest BCUT2D eigenvalue weighted by Crippen LogP contribution is 2.27. The van der Waals surface area contributed by atoms with Gasteiger partial charge in [0.15, 0.2) is 0 Å². The van der Waals surface area contributed by atoms with Gasteiger partial charge in [-0.3, -0.25) is 9.78 Å². The van der Waals surface area contributed by atoms with Crippen molar-refractivity contribution in [2.75, 3.05) is 17.7 Å². The predicted octanol–water partition coefficient (Wildman–Crippen LogP) is 4.36. The molecule has 1 N–H and O–H groups in total. The van der Waals surface area contributed by atoms with Crippen molar-refractivity contribution < 1.29 is 9.53 Å². The van der Waals surface area contributed by atoms with Crippen LogP contribution in [-0.4, -0.2) is 23.3 Å². The van der Waals surface area contributed by atoms with Crippen molar-refractivity contribution in [2.24, 2.45) is 0 Å². The van der Waals surface area contributed by atoms with Crippen molar-refractivity contribution in [1.29, 1.82) is 0 Å². The number of rotatable bonds is 6. The highest BCUT2D eigenvalue weighted by molar-refractivity contribution is 8.00. The normalized spacial score (nSPS) is 10.5. The van der Waals surface area contributed by atoms with Gasteiger partial charge in [0, 0.05) is 16.5 Å². The van der Waals surface area contributed by atoms with Crippen LogP contribution in [0.4, 0.5) is 5.69 Å². The minimum atomic E-state index is -0.0694. The maximum atomic E-state index is 12.3. The van der Waals surface area contributed by atoms with Crippen LogP contribution in [0.25, 0.3) is 10.9 Å². The molecule has 122 valence electrons. The van der Waals surface area contributed by atoms with E-state index in [1.165, 1.54) is 11.8 Å². The Bertz CT molecular complexity index is 846. The topological polar surface area (TPSA) is 51.2 Å². The Kier molecular flexibility index (Phi) is 5.33. The number of amides is 1. The number of nitrogens with one attached hydrogen (secondary N) is 1. The number of carbonyl (C=O) groups is 1. The maximum Gasteiger partial charge on any atom is 0.234 e. The van der Waals surface area contributed by atoms with Gasteiger partial charge < -0.3 is 10.1 Å². The first-order valence-corrected chi connectivity index (χ1v) is 8.74. The van der Waals surface area contributed by atoms with Crippen molar-refractivity contribution in [3.05, 3.63) is 60.8 Å². The SMILES string of the molecule is CCOc1ccccc1NC(=O)CSc1cccc2cccnc12. The van der Waals surface area contributed by atoms with Crippen LogP contribution in [-0.2, 0) is 4.79 Å². The zero-order valence-electron chi connectivity index (χ0n) is 13.4. The molecule has 24 heavy (non-hydrogen) atoms. The summed E-state index contributed by atoms with van der Waals surface area (Å²) in [6.07, 6.45) is 1.77. The number of pyridine rings is 1. The van der Waals surface area contributed by atoms with Crippen molar-refractivity contribution in [3.63, 3.8) is 0 Å². The lowest BCUT2D eigenvalue weighted by molar-refractivity contribution is -0.113. The van der Waals surface area contributed by atoms with Crippen LogP contribution in [0.15, 0.2) is 65.7 Å². The number of nitrogens with zero attached hydrogens (tertiary/aromatic N) is 1. The van der Waals surface area contributed by atoms with Crippen LogP contribution in [0.1, 0.15) is 6.92 Å². The molecule has 0 radical (unpaired) electrons. The van der Waals surface area contributed by atoms with Crippen molar-refractivity contribution in [3.8, 4) is 5.75 Å². The lowest BCUT2D eigenvalue weighted by Crippen LogP contribution is -2.15. The molecule has 0 spiro atoms. The number of carbonyl (C=O) groups excluding carboxylic acids is 1. The number of aromatic nitrogens is 1. The summed E-state index contributed by atoms with van der Waals surface area (Å²) in [6, 6.07) is 17.4. The fourth-order valence-corrected chi connectivity index (χ4v) is 3.21. The molecule has 3 aromatic rings. The van der Waals surface area contributed by atoms with Crippen molar-refractivity contribution >= 4 is 34.3 Å². The van der Waals surface area contributed by atoms with Crippen LogP contribution in [0, 0.1) is 0 Å². The summed E-state index contributed by atoms with van der Waals surface area (Å²) >= 11 is 1.48. The Balaban J connectivity index is 1.67. The van der Waals surface area contributed by atoms with E-state index in [1.807, 2.05) is 61.5 Å². The quantitative estimate of drug-likeness (QED) is 0.678. The largest absolute Gasteiger partial charge is 0.492 e. The monoisotopic (exact) mass is 338 g/mol. The molecule has 0 fully saturated rings. The Morgan fingerprint density at radius 3 is 2.83 bits per heavy atom. The highest BCUT2D eigenvalue weighted by atomic mass is 32.2. The first-order chi connectivity index (χ1) is 11.8. The number of hydrogen-bond donors (Lipinski definition) is 1. The predicted molar refractivity (Wildman–Crippen MR) is 98.7 cm³/mol. The molecule has 0 aliphatic rings.